The summed E-state index contributed by atoms with van der Waals surface area (Å²) in [5.41, 5.74) is 5.61. The lowest BCUT2D eigenvalue weighted by Gasteiger charge is -2.26. The first kappa shape index (κ1) is 8.81. The summed E-state index contributed by atoms with van der Waals surface area (Å²) in [5, 5.41) is 2.94. The smallest absolute Gasteiger partial charge is 0.317 e. The number of rotatable bonds is 1. The van der Waals surface area contributed by atoms with Crippen LogP contribution < -0.4 is 11.1 Å². The second-order valence-electron chi connectivity index (χ2n) is 4.00. The summed E-state index contributed by atoms with van der Waals surface area (Å²) in [6.07, 6.45) is 4.49. The first-order valence-electron chi connectivity index (χ1n) is 5.08. The quantitative estimate of drug-likeness (QED) is 0.613. The van der Waals surface area contributed by atoms with Gasteiger partial charge < -0.3 is 16.0 Å². The van der Waals surface area contributed by atoms with Gasteiger partial charge in [0.25, 0.3) is 0 Å². The summed E-state index contributed by atoms with van der Waals surface area (Å²) in [4.78, 5) is 13.5. The molecule has 0 bridgehead atoms. The molecule has 0 radical (unpaired) electrons. The van der Waals surface area contributed by atoms with Crippen LogP contribution in [0.15, 0.2) is 0 Å². The van der Waals surface area contributed by atoms with E-state index in [0.29, 0.717) is 0 Å². The number of urea groups is 1. The van der Waals surface area contributed by atoms with E-state index in [1.54, 1.807) is 0 Å². The maximum atomic E-state index is 11.6. The van der Waals surface area contributed by atoms with Gasteiger partial charge in [0.05, 0.1) is 0 Å². The lowest BCUT2D eigenvalue weighted by atomic mass is 10.1. The number of hydrogen-bond donors (Lipinski definition) is 2. The van der Waals surface area contributed by atoms with E-state index in [4.69, 9.17) is 5.73 Å². The minimum absolute atomic E-state index is 0.0812. The first-order valence-corrected chi connectivity index (χ1v) is 5.08. The van der Waals surface area contributed by atoms with Crippen molar-refractivity contribution in [1.82, 2.24) is 10.2 Å². The van der Waals surface area contributed by atoms with E-state index >= 15 is 0 Å². The Labute approximate surface area is 78.5 Å². The average molecular weight is 183 g/mol. The Bertz CT molecular complexity index is 201. The molecule has 0 aromatic rings. The van der Waals surface area contributed by atoms with Crippen LogP contribution in [0.25, 0.3) is 0 Å². The molecule has 2 aliphatic rings. The third kappa shape index (κ3) is 2.12. The predicted molar refractivity (Wildman–Crippen MR) is 50.3 cm³/mol. The summed E-state index contributed by atoms with van der Waals surface area (Å²) in [6, 6.07) is 0.529. The van der Waals surface area contributed by atoms with Crippen molar-refractivity contribution < 1.29 is 4.79 Å². The van der Waals surface area contributed by atoms with Crippen LogP contribution in [0.1, 0.15) is 25.7 Å². The van der Waals surface area contributed by atoms with Crippen molar-refractivity contribution in [3.05, 3.63) is 0 Å². The molecule has 1 heterocycles. The second-order valence-corrected chi connectivity index (χ2v) is 4.00. The largest absolute Gasteiger partial charge is 0.334 e. The maximum Gasteiger partial charge on any atom is 0.317 e. The minimum atomic E-state index is 0.0812. The molecule has 74 valence electrons. The lowest BCUT2D eigenvalue weighted by Crippen LogP contribution is -2.44. The molecular weight excluding hydrogens is 166 g/mol. The van der Waals surface area contributed by atoms with Gasteiger partial charge in [0.15, 0.2) is 0 Å². The predicted octanol–water partition coefficient (Wildman–Crippen LogP) is 0.281. The molecule has 1 aliphatic carbocycles. The molecule has 1 saturated carbocycles. The molecule has 2 fully saturated rings. The summed E-state index contributed by atoms with van der Waals surface area (Å²) in [6.45, 7) is 1.82. The fraction of sp³-hybridized carbons (Fsp3) is 0.889. The molecule has 4 nitrogen and oxygen atoms in total. The molecule has 1 saturated heterocycles. The molecule has 0 aromatic heterocycles. The SMILES string of the molecule is NC1CC1NC(=O)N1CCCCC1. The Morgan fingerprint density at radius 1 is 1.31 bits per heavy atom. The van der Waals surface area contributed by atoms with Crippen molar-refractivity contribution in [1.29, 1.82) is 0 Å². The molecule has 2 unspecified atom stereocenters. The fourth-order valence-corrected chi connectivity index (χ4v) is 1.73. The van der Waals surface area contributed by atoms with Gasteiger partial charge in [-0.15, -0.1) is 0 Å². The summed E-state index contributed by atoms with van der Waals surface area (Å²) in [5.74, 6) is 0. The summed E-state index contributed by atoms with van der Waals surface area (Å²) < 4.78 is 0. The number of hydrogen-bond acceptors (Lipinski definition) is 2. The zero-order chi connectivity index (χ0) is 9.26. The zero-order valence-electron chi connectivity index (χ0n) is 7.83. The molecule has 2 atom stereocenters. The normalized spacial score (nSPS) is 32.8. The van der Waals surface area contributed by atoms with Gasteiger partial charge in [-0.05, 0) is 25.7 Å². The monoisotopic (exact) mass is 183 g/mol. The number of likely N-dealkylation sites (tertiary alicyclic amines) is 1. The first-order chi connectivity index (χ1) is 6.27. The standard InChI is InChI=1S/C9H17N3O/c10-7-6-8(7)11-9(13)12-4-2-1-3-5-12/h7-8H,1-6,10H2,(H,11,13). The topological polar surface area (TPSA) is 58.4 Å². The van der Waals surface area contributed by atoms with Crippen molar-refractivity contribution in [2.75, 3.05) is 13.1 Å². The maximum absolute atomic E-state index is 11.6. The Balaban J connectivity index is 1.75. The minimum Gasteiger partial charge on any atom is -0.334 e. The molecule has 4 heteroatoms. The van der Waals surface area contributed by atoms with E-state index < -0.39 is 0 Å². The van der Waals surface area contributed by atoms with Gasteiger partial charge >= 0.3 is 6.03 Å². The van der Waals surface area contributed by atoms with Crippen LogP contribution in [0.4, 0.5) is 4.79 Å². The number of nitrogens with one attached hydrogen (secondary N) is 1. The van der Waals surface area contributed by atoms with E-state index in [2.05, 4.69) is 5.32 Å². The third-order valence-electron chi connectivity index (χ3n) is 2.79. The van der Waals surface area contributed by atoms with Crippen LogP contribution in [-0.4, -0.2) is 36.1 Å². The van der Waals surface area contributed by atoms with Gasteiger partial charge in [-0.2, -0.15) is 0 Å². The Morgan fingerprint density at radius 3 is 2.46 bits per heavy atom. The van der Waals surface area contributed by atoms with Crippen LogP contribution in [0, 0.1) is 0 Å². The van der Waals surface area contributed by atoms with Crippen LogP contribution in [0.3, 0.4) is 0 Å². The van der Waals surface area contributed by atoms with Crippen LogP contribution in [0.5, 0.6) is 0 Å². The van der Waals surface area contributed by atoms with Crippen LogP contribution in [-0.2, 0) is 0 Å². The Morgan fingerprint density at radius 2 is 1.92 bits per heavy atom. The number of carbonyl (C=O) groups is 1. The lowest BCUT2D eigenvalue weighted by molar-refractivity contribution is 0.186. The van der Waals surface area contributed by atoms with Crippen molar-refractivity contribution >= 4 is 6.03 Å². The molecule has 2 rings (SSSR count). The van der Waals surface area contributed by atoms with Crippen molar-refractivity contribution in [2.45, 2.75) is 37.8 Å². The number of amides is 2. The second kappa shape index (κ2) is 3.54. The molecule has 2 amide bonds. The van der Waals surface area contributed by atoms with Gasteiger partial charge in [-0.3, -0.25) is 0 Å². The molecule has 13 heavy (non-hydrogen) atoms. The third-order valence-corrected chi connectivity index (χ3v) is 2.79. The highest BCUT2D eigenvalue weighted by Gasteiger charge is 2.35. The molecule has 0 spiro atoms. The fourth-order valence-electron chi connectivity index (χ4n) is 1.73. The zero-order valence-corrected chi connectivity index (χ0v) is 7.83. The summed E-state index contributed by atoms with van der Waals surface area (Å²) >= 11 is 0. The summed E-state index contributed by atoms with van der Waals surface area (Å²) in [7, 11) is 0. The number of nitrogens with zero attached hydrogens (tertiary/aromatic N) is 1. The van der Waals surface area contributed by atoms with E-state index in [1.807, 2.05) is 4.90 Å². The van der Waals surface area contributed by atoms with Gasteiger partial charge in [0.1, 0.15) is 0 Å². The Kier molecular flexibility index (Phi) is 2.40. The van der Waals surface area contributed by atoms with Gasteiger partial charge in [-0.1, -0.05) is 0 Å². The van der Waals surface area contributed by atoms with Gasteiger partial charge in [0.2, 0.25) is 0 Å². The highest BCUT2D eigenvalue weighted by atomic mass is 16.2. The average Bonchev–Trinajstić information content (AvgIpc) is 2.83. The molecule has 3 N–H and O–H groups in total. The van der Waals surface area contributed by atoms with Crippen LogP contribution >= 0.6 is 0 Å². The molecule has 0 aromatic carbocycles. The van der Waals surface area contributed by atoms with Crippen LogP contribution in [0.2, 0.25) is 0 Å². The van der Waals surface area contributed by atoms with E-state index in [9.17, 15) is 4.79 Å². The highest BCUT2D eigenvalue weighted by molar-refractivity contribution is 5.75. The molecule has 1 aliphatic heterocycles. The highest BCUT2D eigenvalue weighted by Crippen LogP contribution is 2.18. The number of piperidine rings is 1. The van der Waals surface area contributed by atoms with Crippen molar-refractivity contribution in [3.8, 4) is 0 Å². The van der Waals surface area contributed by atoms with E-state index in [-0.39, 0.29) is 18.1 Å². The number of carbonyl (C=O) groups excluding carboxylic acids is 1. The number of nitrogens with two attached hydrogens (primary N) is 1. The Hall–Kier alpha value is -0.770. The molecular formula is C9H17N3O. The van der Waals surface area contributed by atoms with E-state index in [1.165, 1.54) is 6.42 Å². The van der Waals surface area contributed by atoms with Crippen molar-refractivity contribution in [2.24, 2.45) is 5.73 Å². The van der Waals surface area contributed by atoms with E-state index in [0.717, 1.165) is 32.4 Å². The van der Waals surface area contributed by atoms with Gasteiger partial charge in [0, 0.05) is 25.2 Å². The van der Waals surface area contributed by atoms with Crippen molar-refractivity contribution in [3.63, 3.8) is 0 Å². The van der Waals surface area contributed by atoms with Gasteiger partial charge in [-0.25, -0.2) is 4.79 Å².